The van der Waals surface area contributed by atoms with Crippen molar-refractivity contribution in [2.75, 3.05) is 0 Å². The van der Waals surface area contributed by atoms with E-state index in [1.807, 2.05) is 0 Å². The van der Waals surface area contributed by atoms with Crippen LogP contribution in [0.4, 0.5) is 0 Å². The van der Waals surface area contributed by atoms with Crippen LogP contribution < -0.4 is 5.84 Å². The van der Waals surface area contributed by atoms with E-state index in [1.165, 1.54) is 25.0 Å². The molecule has 0 aromatic carbocycles. The highest BCUT2D eigenvalue weighted by Crippen LogP contribution is 2.20. The normalized spacial score (nSPS) is 33.0. The molecule has 0 aliphatic heterocycles. The third-order valence-electron chi connectivity index (χ3n) is 2.05. The molecule has 1 aliphatic carbocycles. The number of hydrogen-bond acceptors (Lipinski definition) is 2. The Morgan fingerprint density at radius 2 is 2.33 bits per heavy atom. The summed E-state index contributed by atoms with van der Waals surface area (Å²) in [6.45, 7) is 2.20. The zero-order valence-electron chi connectivity index (χ0n) is 5.93. The van der Waals surface area contributed by atoms with E-state index in [-0.39, 0.29) is 0 Å². The van der Waals surface area contributed by atoms with Crippen molar-refractivity contribution >= 4 is 5.71 Å². The molecule has 0 heterocycles. The van der Waals surface area contributed by atoms with E-state index in [4.69, 9.17) is 5.84 Å². The number of nitrogens with two attached hydrogens (primary N) is 1. The molecule has 2 heteroatoms. The molecule has 2 N–H and O–H groups in total. The van der Waals surface area contributed by atoms with Crippen LogP contribution in [0.15, 0.2) is 5.10 Å². The Morgan fingerprint density at radius 1 is 1.56 bits per heavy atom. The zero-order chi connectivity index (χ0) is 6.69. The van der Waals surface area contributed by atoms with Crippen LogP contribution in [-0.2, 0) is 0 Å². The summed E-state index contributed by atoms with van der Waals surface area (Å²) in [5.74, 6) is 5.82. The largest absolute Gasteiger partial charge is 0.323 e. The predicted octanol–water partition coefficient (Wildman–Crippen LogP) is 1.51. The van der Waals surface area contributed by atoms with Crippen LogP contribution in [0.2, 0.25) is 0 Å². The summed E-state index contributed by atoms with van der Waals surface area (Å²) < 4.78 is 0. The van der Waals surface area contributed by atoms with Crippen LogP contribution in [0.1, 0.15) is 32.6 Å². The molecule has 0 bridgehead atoms. The van der Waals surface area contributed by atoms with Gasteiger partial charge in [-0.25, -0.2) is 0 Å². The van der Waals surface area contributed by atoms with E-state index >= 15 is 0 Å². The second-order valence-corrected chi connectivity index (χ2v) is 2.77. The Labute approximate surface area is 56.1 Å². The van der Waals surface area contributed by atoms with Crippen molar-refractivity contribution in [1.29, 1.82) is 0 Å². The predicted molar refractivity (Wildman–Crippen MR) is 39.3 cm³/mol. The molecule has 0 aromatic heterocycles. The van der Waals surface area contributed by atoms with Crippen molar-refractivity contribution < 1.29 is 0 Å². The molecular weight excluding hydrogens is 112 g/mol. The maximum atomic E-state index is 5.18. The highest BCUT2D eigenvalue weighted by molar-refractivity contribution is 5.86. The second-order valence-electron chi connectivity index (χ2n) is 2.77. The fraction of sp³-hybridized carbons (Fsp3) is 0.857. The van der Waals surface area contributed by atoms with Gasteiger partial charge in [0.2, 0.25) is 0 Å². The van der Waals surface area contributed by atoms with Gasteiger partial charge in [-0.15, -0.1) is 0 Å². The Morgan fingerprint density at radius 3 is 2.78 bits per heavy atom. The first kappa shape index (κ1) is 6.59. The van der Waals surface area contributed by atoms with Crippen LogP contribution in [0.3, 0.4) is 0 Å². The van der Waals surface area contributed by atoms with Gasteiger partial charge in [0.1, 0.15) is 0 Å². The molecule has 1 aliphatic rings. The summed E-state index contributed by atoms with van der Waals surface area (Å²) in [6, 6.07) is 0. The highest BCUT2D eigenvalue weighted by atomic mass is 15.1. The maximum Gasteiger partial charge on any atom is 0.0404 e. The van der Waals surface area contributed by atoms with Crippen molar-refractivity contribution in [3.8, 4) is 0 Å². The molecule has 0 aromatic rings. The fourth-order valence-electron chi connectivity index (χ4n) is 1.36. The summed E-state index contributed by atoms with van der Waals surface area (Å²) in [7, 11) is 0. The van der Waals surface area contributed by atoms with E-state index in [0.29, 0.717) is 5.92 Å². The van der Waals surface area contributed by atoms with E-state index in [2.05, 4.69) is 12.0 Å². The Kier molecular flexibility index (Phi) is 2.09. The molecule has 1 fully saturated rings. The van der Waals surface area contributed by atoms with Gasteiger partial charge >= 0.3 is 0 Å². The van der Waals surface area contributed by atoms with Crippen molar-refractivity contribution in [3.05, 3.63) is 0 Å². The quantitative estimate of drug-likeness (QED) is 0.388. The standard InChI is InChI=1S/C7H14N2/c1-6-4-2-3-5-7(6)9-8/h6H,2-5,8H2,1H3/b9-7-. The lowest BCUT2D eigenvalue weighted by Gasteiger charge is -2.18. The van der Waals surface area contributed by atoms with Crippen molar-refractivity contribution in [2.45, 2.75) is 32.6 Å². The number of hydrazone groups is 1. The maximum absolute atomic E-state index is 5.18. The van der Waals surface area contributed by atoms with Crippen LogP contribution in [-0.4, -0.2) is 5.71 Å². The summed E-state index contributed by atoms with van der Waals surface area (Å²) in [4.78, 5) is 0. The third-order valence-corrected chi connectivity index (χ3v) is 2.05. The van der Waals surface area contributed by atoms with E-state index in [1.54, 1.807) is 0 Å². The summed E-state index contributed by atoms with van der Waals surface area (Å²) in [5, 5.41) is 3.75. The van der Waals surface area contributed by atoms with E-state index in [9.17, 15) is 0 Å². The molecular formula is C7H14N2. The van der Waals surface area contributed by atoms with Gasteiger partial charge in [-0.05, 0) is 25.2 Å². The number of hydrogen-bond donors (Lipinski definition) is 1. The first-order chi connectivity index (χ1) is 4.34. The lowest BCUT2D eigenvalue weighted by molar-refractivity contribution is 0.557. The minimum absolute atomic E-state index is 0.642. The molecule has 0 spiro atoms. The molecule has 2 nitrogen and oxygen atoms in total. The summed E-state index contributed by atoms with van der Waals surface area (Å²) >= 11 is 0. The molecule has 0 radical (unpaired) electrons. The van der Waals surface area contributed by atoms with Crippen LogP contribution in [0.25, 0.3) is 0 Å². The second kappa shape index (κ2) is 2.85. The summed E-state index contributed by atoms with van der Waals surface area (Å²) in [6.07, 6.45) is 5.02. The van der Waals surface area contributed by atoms with E-state index in [0.717, 1.165) is 6.42 Å². The molecule has 1 rings (SSSR count). The summed E-state index contributed by atoms with van der Waals surface area (Å²) in [5.41, 5.74) is 1.21. The van der Waals surface area contributed by atoms with Gasteiger partial charge in [0.15, 0.2) is 0 Å². The monoisotopic (exact) mass is 126 g/mol. The average Bonchev–Trinajstić information content (AvgIpc) is 1.89. The lowest BCUT2D eigenvalue weighted by Crippen LogP contribution is -2.17. The number of rotatable bonds is 0. The van der Waals surface area contributed by atoms with Gasteiger partial charge in [0.25, 0.3) is 0 Å². The SMILES string of the molecule is CC1CCCC/C1=N/N. The fourth-order valence-corrected chi connectivity index (χ4v) is 1.36. The van der Waals surface area contributed by atoms with Gasteiger partial charge in [0, 0.05) is 5.71 Å². The van der Waals surface area contributed by atoms with E-state index < -0.39 is 0 Å². The zero-order valence-corrected chi connectivity index (χ0v) is 5.93. The van der Waals surface area contributed by atoms with Gasteiger partial charge in [0.05, 0.1) is 0 Å². The van der Waals surface area contributed by atoms with Crippen molar-refractivity contribution in [1.82, 2.24) is 0 Å². The average molecular weight is 126 g/mol. The Balaban J connectivity index is 2.49. The highest BCUT2D eigenvalue weighted by Gasteiger charge is 2.14. The van der Waals surface area contributed by atoms with Gasteiger partial charge in [-0.2, -0.15) is 5.10 Å². The minimum Gasteiger partial charge on any atom is -0.323 e. The molecule has 1 unspecified atom stereocenters. The Bertz CT molecular complexity index is 118. The Hall–Kier alpha value is -0.530. The van der Waals surface area contributed by atoms with Gasteiger partial charge < -0.3 is 5.84 Å². The van der Waals surface area contributed by atoms with Gasteiger partial charge in [-0.1, -0.05) is 13.3 Å². The molecule has 9 heavy (non-hydrogen) atoms. The van der Waals surface area contributed by atoms with Crippen LogP contribution in [0.5, 0.6) is 0 Å². The molecule has 1 atom stereocenters. The van der Waals surface area contributed by atoms with Crippen molar-refractivity contribution in [2.24, 2.45) is 16.9 Å². The smallest absolute Gasteiger partial charge is 0.0404 e. The third kappa shape index (κ3) is 1.44. The lowest BCUT2D eigenvalue weighted by atomic mass is 9.89. The van der Waals surface area contributed by atoms with Crippen molar-refractivity contribution in [3.63, 3.8) is 0 Å². The molecule has 0 saturated heterocycles. The first-order valence-corrected chi connectivity index (χ1v) is 3.61. The topological polar surface area (TPSA) is 38.4 Å². The van der Waals surface area contributed by atoms with Crippen LogP contribution >= 0.6 is 0 Å². The first-order valence-electron chi connectivity index (χ1n) is 3.61. The molecule has 0 amide bonds. The van der Waals surface area contributed by atoms with Crippen LogP contribution in [0, 0.1) is 5.92 Å². The molecule has 52 valence electrons. The molecule has 1 saturated carbocycles. The minimum atomic E-state index is 0.642. The van der Waals surface area contributed by atoms with Gasteiger partial charge in [-0.3, -0.25) is 0 Å². The number of nitrogens with zero attached hydrogens (tertiary/aromatic N) is 1.